The fourth-order valence-electron chi connectivity index (χ4n) is 0.785. The minimum Gasteiger partial charge on any atom is -0.329 e. The molecule has 0 unspecified atom stereocenters. The van der Waals surface area contributed by atoms with Gasteiger partial charge in [0.2, 0.25) is 0 Å². The van der Waals surface area contributed by atoms with Crippen LogP contribution in [-0.4, -0.2) is 21.1 Å². The van der Waals surface area contributed by atoms with Crippen LogP contribution in [0, 0.1) is 4.77 Å². The number of hydrogen-bond donors (Lipinski definition) is 3. The molecule has 1 aromatic rings. The third-order valence-corrected chi connectivity index (χ3v) is 1.61. The quantitative estimate of drug-likeness (QED) is 0.560. The molecule has 8 heteroatoms. The number of halogens is 1. The van der Waals surface area contributed by atoms with Gasteiger partial charge in [0.25, 0.3) is 0 Å². The Kier molecular flexibility index (Phi) is 4.60. The monoisotopic (exact) mass is 224 g/mol. The Labute approximate surface area is 84.2 Å². The minimum absolute atomic E-state index is 0. The molecule has 1 heterocycles. The summed E-state index contributed by atoms with van der Waals surface area (Å²) in [6, 6.07) is 0. The predicted molar refractivity (Wildman–Crippen MR) is 52.8 cm³/mol. The van der Waals surface area contributed by atoms with Crippen LogP contribution in [0.4, 0.5) is 0 Å². The Morgan fingerprint density at radius 1 is 1.38 bits per heavy atom. The van der Waals surface area contributed by atoms with Crippen molar-refractivity contribution in [1.29, 1.82) is 0 Å². The van der Waals surface area contributed by atoms with Crippen LogP contribution >= 0.6 is 24.6 Å². The Morgan fingerprint density at radius 2 is 2.00 bits per heavy atom. The van der Waals surface area contributed by atoms with E-state index in [1.807, 2.05) is 4.98 Å². The molecule has 0 aliphatic heterocycles. The lowest BCUT2D eigenvalue weighted by atomic mass is 10.6. The van der Waals surface area contributed by atoms with E-state index in [1.165, 1.54) is 4.57 Å². The van der Waals surface area contributed by atoms with E-state index in [0.29, 0.717) is 13.1 Å². The molecule has 0 aromatic carbocycles. The average molecular weight is 225 g/mol. The van der Waals surface area contributed by atoms with Crippen molar-refractivity contribution in [2.24, 2.45) is 5.73 Å². The first kappa shape index (κ1) is 12.1. The molecule has 74 valence electrons. The summed E-state index contributed by atoms with van der Waals surface area (Å²) in [5.74, 6) is 0. The lowest BCUT2D eigenvalue weighted by Crippen LogP contribution is -2.34. The number of hydrogen-bond acceptors (Lipinski definition) is 4. The molecule has 0 atom stereocenters. The summed E-state index contributed by atoms with van der Waals surface area (Å²) >= 11 is 4.72. The molecule has 1 aromatic heterocycles. The van der Waals surface area contributed by atoms with Crippen LogP contribution < -0.4 is 17.1 Å². The van der Waals surface area contributed by atoms with Crippen LogP contribution in [0.15, 0.2) is 9.59 Å². The molecule has 0 fully saturated rings. The van der Waals surface area contributed by atoms with Crippen LogP contribution in [0.5, 0.6) is 0 Å². The first-order valence-electron chi connectivity index (χ1n) is 3.28. The van der Waals surface area contributed by atoms with E-state index in [9.17, 15) is 9.59 Å². The van der Waals surface area contributed by atoms with Crippen LogP contribution in [0.1, 0.15) is 0 Å². The van der Waals surface area contributed by atoms with Crippen molar-refractivity contribution in [1.82, 2.24) is 14.5 Å². The minimum atomic E-state index is -0.599. The number of nitrogens with one attached hydrogen (secondary N) is 2. The molecule has 13 heavy (non-hydrogen) atoms. The van der Waals surface area contributed by atoms with E-state index in [1.54, 1.807) is 0 Å². The molecule has 0 amide bonds. The highest BCUT2D eigenvalue weighted by atomic mass is 35.5. The van der Waals surface area contributed by atoms with Gasteiger partial charge in [0.1, 0.15) is 0 Å². The van der Waals surface area contributed by atoms with Crippen molar-refractivity contribution in [2.75, 3.05) is 6.54 Å². The molecule has 4 N–H and O–H groups in total. The molecule has 0 saturated heterocycles. The van der Waals surface area contributed by atoms with Crippen molar-refractivity contribution in [3.8, 4) is 0 Å². The number of nitrogens with zero attached hydrogens (tertiary/aromatic N) is 1. The molecule has 0 saturated carbocycles. The topological polar surface area (TPSA) is 96.7 Å². The number of H-pyrrole nitrogens is 2. The van der Waals surface area contributed by atoms with Gasteiger partial charge in [-0.1, -0.05) is 0 Å². The lowest BCUT2D eigenvalue weighted by Gasteiger charge is -2.00. The summed E-state index contributed by atoms with van der Waals surface area (Å²) in [7, 11) is 0. The number of aromatic nitrogens is 3. The number of aromatic amines is 2. The van der Waals surface area contributed by atoms with E-state index in [-0.39, 0.29) is 17.2 Å². The molecule has 0 bridgehead atoms. The number of rotatable bonds is 2. The largest absolute Gasteiger partial charge is 0.331 e. The average Bonchev–Trinajstić information content (AvgIpc) is 1.96. The molecule has 0 radical (unpaired) electrons. The zero-order valence-corrected chi connectivity index (χ0v) is 8.20. The fraction of sp³-hybridized carbons (Fsp3) is 0.400. The summed E-state index contributed by atoms with van der Waals surface area (Å²) < 4.78 is 1.28. The maximum Gasteiger partial charge on any atom is 0.331 e. The van der Waals surface area contributed by atoms with Gasteiger partial charge in [0.05, 0.1) is 0 Å². The molecule has 6 nitrogen and oxygen atoms in total. The second kappa shape index (κ2) is 4.95. The summed E-state index contributed by atoms with van der Waals surface area (Å²) in [5.41, 5.74) is 4.09. The smallest absolute Gasteiger partial charge is 0.329 e. The first-order valence-corrected chi connectivity index (χ1v) is 3.69. The van der Waals surface area contributed by atoms with Gasteiger partial charge >= 0.3 is 11.4 Å². The van der Waals surface area contributed by atoms with Crippen LogP contribution in [0.25, 0.3) is 0 Å². The van der Waals surface area contributed by atoms with Crippen molar-refractivity contribution in [3.05, 3.63) is 25.7 Å². The maximum absolute atomic E-state index is 11.0. The zero-order valence-electron chi connectivity index (χ0n) is 6.57. The third-order valence-electron chi connectivity index (χ3n) is 1.28. The second-order valence-corrected chi connectivity index (χ2v) is 2.52. The van der Waals surface area contributed by atoms with E-state index >= 15 is 0 Å². The Morgan fingerprint density at radius 3 is 2.46 bits per heavy atom. The Hall–Kier alpha value is -0.920. The highest BCUT2D eigenvalue weighted by Crippen LogP contribution is 1.76. The van der Waals surface area contributed by atoms with E-state index in [4.69, 9.17) is 18.0 Å². The molecule has 0 aliphatic carbocycles. The molecule has 0 aliphatic rings. The summed E-state index contributed by atoms with van der Waals surface area (Å²) in [6.45, 7) is 0.592. The van der Waals surface area contributed by atoms with Gasteiger partial charge in [0, 0.05) is 13.1 Å². The highest BCUT2D eigenvalue weighted by molar-refractivity contribution is 7.71. The van der Waals surface area contributed by atoms with Crippen molar-refractivity contribution < 1.29 is 0 Å². The molecular weight excluding hydrogens is 216 g/mol. The summed E-state index contributed by atoms with van der Waals surface area (Å²) in [6.07, 6.45) is 0. The van der Waals surface area contributed by atoms with Gasteiger partial charge in [0.15, 0.2) is 4.77 Å². The van der Waals surface area contributed by atoms with Crippen molar-refractivity contribution in [3.63, 3.8) is 0 Å². The summed E-state index contributed by atoms with van der Waals surface area (Å²) in [4.78, 5) is 26.0. The number of nitrogens with two attached hydrogens (primary N) is 1. The highest BCUT2D eigenvalue weighted by Gasteiger charge is 1.96. The van der Waals surface area contributed by atoms with Gasteiger partial charge in [-0.2, -0.15) is 0 Å². The van der Waals surface area contributed by atoms with E-state index in [2.05, 4.69) is 4.98 Å². The third kappa shape index (κ3) is 2.79. The molecule has 0 spiro atoms. The second-order valence-electron chi connectivity index (χ2n) is 2.13. The fourth-order valence-corrected chi connectivity index (χ4v) is 1.05. The summed E-state index contributed by atoms with van der Waals surface area (Å²) in [5, 5.41) is 0. The first-order chi connectivity index (χ1) is 5.65. The van der Waals surface area contributed by atoms with Crippen LogP contribution in [0.3, 0.4) is 0 Å². The predicted octanol–water partition coefficient (Wildman–Crippen LogP) is -1.03. The Balaban J connectivity index is 0.00000144. The van der Waals surface area contributed by atoms with E-state index in [0.717, 1.165) is 0 Å². The zero-order chi connectivity index (χ0) is 9.14. The maximum atomic E-state index is 11.0. The van der Waals surface area contributed by atoms with Gasteiger partial charge in [-0.3, -0.25) is 14.5 Å². The van der Waals surface area contributed by atoms with Crippen LogP contribution in [-0.2, 0) is 6.54 Å². The van der Waals surface area contributed by atoms with Crippen LogP contribution in [0.2, 0.25) is 0 Å². The van der Waals surface area contributed by atoms with Gasteiger partial charge in [-0.05, 0) is 12.2 Å². The normalized spacial score (nSPS) is 9.31. The van der Waals surface area contributed by atoms with Crippen molar-refractivity contribution in [2.45, 2.75) is 6.54 Å². The van der Waals surface area contributed by atoms with Crippen molar-refractivity contribution >= 4 is 24.6 Å². The standard InChI is InChI=1S/C5H8N4O2S.ClH/c6-1-2-9-4(11)7-3(10)8-5(9)12;/h1-2,6H2,(H2,7,8,10,11,12);1H. The SMILES string of the molecule is Cl.NCCn1c(=O)[nH]c(=O)[nH]c1=S. The van der Waals surface area contributed by atoms with Gasteiger partial charge in [-0.15, -0.1) is 12.4 Å². The lowest BCUT2D eigenvalue weighted by molar-refractivity contribution is 0.621. The molecule has 1 rings (SSSR count). The van der Waals surface area contributed by atoms with Gasteiger partial charge in [-0.25, -0.2) is 9.59 Å². The molecular formula is C5H9ClN4O2S. The van der Waals surface area contributed by atoms with Gasteiger partial charge < -0.3 is 5.73 Å². The Bertz CT molecular complexity index is 399. The van der Waals surface area contributed by atoms with E-state index < -0.39 is 11.4 Å².